The Balaban J connectivity index is 1.78. The van der Waals surface area contributed by atoms with Gasteiger partial charge in [-0.1, -0.05) is 18.2 Å². The van der Waals surface area contributed by atoms with E-state index >= 15 is 0 Å². The molecule has 1 saturated heterocycles. The van der Waals surface area contributed by atoms with Crippen LogP contribution in [0.15, 0.2) is 54.9 Å². The molecule has 154 valence electrons. The van der Waals surface area contributed by atoms with Crippen molar-refractivity contribution < 1.29 is 4.39 Å². The Bertz CT molecular complexity index is 1340. The molecule has 2 aromatic heterocycles. The van der Waals surface area contributed by atoms with Crippen molar-refractivity contribution >= 4 is 16.7 Å². The van der Waals surface area contributed by atoms with Crippen LogP contribution in [0.2, 0.25) is 0 Å². The molecule has 1 aliphatic heterocycles. The lowest BCUT2D eigenvalue weighted by molar-refractivity contribution is 0.637. The van der Waals surface area contributed by atoms with E-state index in [9.17, 15) is 9.65 Å². The summed E-state index contributed by atoms with van der Waals surface area (Å²) in [6.07, 6.45) is 4.47. The number of rotatable bonds is 3. The summed E-state index contributed by atoms with van der Waals surface area (Å²) >= 11 is 0. The van der Waals surface area contributed by atoms with Gasteiger partial charge < -0.3 is 15.2 Å². The minimum Gasteiger partial charge on any atom is -0.369 e. The molecule has 0 saturated carbocycles. The van der Waals surface area contributed by atoms with Crippen LogP contribution in [-0.4, -0.2) is 33.7 Å². The number of nitrogens with two attached hydrogens (primary N) is 1. The lowest BCUT2D eigenvalue weighted by atomic mass is 10.00. The van der Waals surface area contributed by atoms with Gasteiger partial charge in [-0.2, -0.15) is 5.26 Å². The van der Waals surface area contributed by atoms with Gasteiger partial charge in [0.25, 0.3) is 0 Å². The van der Waals surface area contributed by atoms with E-state index in [4.69, 9.17) is 5.73 Å². The number of nitrogens with zero attached hydrogens (tertiary/aromatic N) is 5. The summed E-state index contributed by atoms with van der Waals surface area (Å²) in [6, 6.07) is 14.7. The molecule has 0 radical (unpaired) electrons. The zero-order valence-corrected chi connectivity index (χ0v) is 17.1. The highest BCUT2D eigenvalue weighted by Gasteiger charge is 2.27. The van der Waals surface area contributed by atoms with Gasteiger partial charge in [0, 0.05) is 44.1 Å². The van der Waals surface area contributed by atoms with Gasteiger partial charge in [-0.25, -0.2) is 9.37 Å². The topological polar surface area (TPSA) is 83.8 Å². The molecule has 5 rings (SSSR count). The maximum absolute atomic E-state index is 14.4. The predicted octanol–water partition coefficient (Wildman–Crippen LogP) is 3.85. The molecule has 2 aromatic carbocycles. The molecule has 1 aliphatic rings. The highest BCUT2D eigenvalue weighted by molar-refractivity contribution is 5.91. The number of hydrogen-bond donors (Lipinski definition) is 1. The Labute approximate surface area is 179 Å². The number of pyridine rings is 1. The Morgan fingerprint density at radius 2 is 1.97 bits per heavy atom. The molecule has 2 N–H and O–H groups in total. The second-order valence-corrected chi connectivity index (χ2v) is 7.87. The van der Waals surface area contributed by atoms with Crippen LogP contribution in [0.3, 0.4) is 0 Å². The summed E-state index contributed by atoms with van der Waals surface area (Å²) < 4.78 is 16.3. The van der Waals surface area contributed by atoms with Crippen LogP contribution < -0.4 is 10.6 Å². The number of aryl methyl sites for hydroxylation is 1. The Morgan fingerprint density at radius 1 is 1.16 bits per heavy atom. The zero-order chi connectivity index (χ0) is 21.5. The molecule has 0 amide bonds. The van der Waals surface area contributed by atoms with Crippen molar-refractivity contribution in [2.24, 2.45) is 12.8 Å². The maximum atomic E-state index is 14.4. The van der Waals surface area contributed by atoms with Gasteiger partial charge in [-0.15, -0.1) is 0 Å². The van der Waals surface area contributed by atoms with E-state index in [-0.39, 0.29) is 11.9 Å². The van der Waals surface area contributed by atoms with Crippen molar-refractivity contribution in [3.63, 3.8) is 0 Å². The minimum absolute atomic E-state index is 0.0807. The number of para-hydroxylation sites is 1. The molecule has 4 aromatic rings. The molecule has 0 spiro atoms. The summed E-state index contributed by atoms with van der Waals surface area (Å²) in [5.41, 5.74) is 11.4. The summed E-state index contributed by atoms with van der Waals surface area (Å²) in [5, 5.41) is 9.36. The number of halogens is 1. The van der Waals surface area contributed by atoms with E-state index in [2.05, 4.69) is 20.9 Å². The van der Waals surface area contributed by atoms with Gasteiger partial charge in [0.1, 0.15) is 11.3 Å². The molecule has 1 fully saturated rings. The summed E-state index contributed by atoms with van der Waals surface area (Å²) in [6.45, 7) is 1.52. The first kappa shape index (κ1) is 19.2. The smallest absolute Gasteiger partial charge is 0.151 e. The van der Waals surface area contributed by atoms with Gasteiger partial charge in [0.2, 0.25) is 0 Å². The monoisotopic (exact) mass is 412 g/mol. The lowest BCUT2D eigenvalue weighted by Crippen LogP contribution is -2.27. The van der Waals surface area contributed by atoms with E-state index < -0.39 is 0 Å². The third-order valence-corrected chi connectivity index (χ3v) is 5.86. The van der Waals surface area contributed by atoms with Crippen molar-refractivity contribution in [2.45, 2.75) is 12.5 Å². The Kier molecular flexibility index (Phi) is 4.64. The van der Waals surface area contributed by atoms with Crippen LogP contribution in [0, 0.1) is 17.1 Å². The Morgan fingerprint density at radius 3 is 2.71 bits per heavy atom. The molecular formula is C24H21FN6. The minimum atomic E-state index is -0.352. The fourth-order valence-corrected chi connectivity index (χ4v) is 4.34. The van der Waals surface area contributed by atoms with Gasteiger partial charge in [-0.05, 0) is 36.2 Å². The first-order chi connectivity index (χ1) is 15.1. The van der Waals surface area contributed by atoms with Gasteiger partial charge in [0.15, 0.2) is 5.82 Å². The molecule has 7 heteroatoms. The van der Waals surface area contributed by atoms with E-state index in [0.29, 0.717) is 23.4 Å². The largest absolute Gasteiger partial charge is 0.369 e. The van der Waals surface area contributed by atoms with Crippen LogP contribution >= 0.6 is 0 Å². The molecule has 0 bridgehead atoms. The first-order valence-electron chi connectivity index (χ1n) is 10.2. The van der Waals surface area contributed by atoms with Crippen molar-refractivity contribution in [3.05, 3.63) is 66.2 Å². The molecule has 0 aliphatic carbocycles. The van der Waals surface area contributed by atoms with Crippen LogP contribution in [0.5, 0.6) is 0 Å². The average Bonchev–Trinajstić information content (AvgIpc) is 3.37. The second kappa shape index (κ2) is 7.49. The highest BCUT2D eigenvalue weighted by atomic mass is 19.1. The van der Waals surface area contributed by atoms with Gasteiger partial charge >= 0.3 is 0 Å². The molecule has 1 atom stereocenters. The molecule has 31 heavy (non-hydrogen) atoms. The SMILES string of the molecule is Cn1c(-c2cncc(-c3cccc(C#N)c3)c2N2CC[C@H](N)C2)nc2c(F)cccc21. The number of imidazole rings is 1. The van der Waals surface area contributed by atoms with Crippen LogP contribution in [0.4, 0.5) is 10.1 Å². The highest BCUT2D eigenvalue weighted by Crippen LogP contribution is 2.40. The van der Waals surface area contributed by atoms with E-state index in [1.165, 1.54) is 6.07 Å². The van der Waals surface area contributed by atoms with E-state index in [0.717, 1.165) is 40.9 Å². The molecule has 3 heterocycles. The first-order valence-corrected chi connectivity index (χ1v) is 10.2. The quantitative estimate of drug-likeness (QED) is 0.553. The van der Waals surface area contributed by atoms with Crippen LogP contribution in [0.1, 0.15) is 12.0 Å². The standard InChI is InChI=1S/C24H21FN6/c1-30-21-7-3-6-20(25)22(21)29-24(30)19-13-28-12-18(16-5-2-4-15(10-16)11-26)23(19)31-9-8-17(27)14-31/h2-7,10,12-13,17H,8-9,14,27H2,1H3/t17-/m0/s1. The number of nitriles is 1. The van der Waals surface area contributed by atoms with E-state index in [1.54, 1.807) is 18.3 Å². The third kappa shape index (κ3) is 3.22. The maximum Gasteiger partial charge on any atom is 0.151 e. The fourth-order valence-electron chi connectivity index (χ4n) is 4.34. The van der Waals surface area contributed by atoms with Gasteiger partial charge in [-0.3, -0.25) is 4.98 Å². The van der Waals surface area contributed by atoms with Crippen LogP contribution in [-0.2, 0) is 7.05 Å². The van der Waals surface area contributed by atoms with Crippen molar-refractivity contribution in [1.29, 1.82) is 5.26 Å². The molecular weight excluding hydrogens is 391 g/mol. The number of benzene rings is 2. The van der Waals surface area contributed by atoms with Crippen molar-refractivity contribution in [1.82, 2.24) is 14.5 Å². The van der Waals surface area contributed by atoms with E-state index in [1.807, 2.05) is 42.1 Å². The summed E-state index contributed by atoms with van der Waals surface area (Å²) in [4.78, 5) is 11.4. The average molecular weight is 412 g/mol. The lowest BCUT2D eigenvalue weighted by Gasteiger charge is -2.25. The van der Waals surface area contributed by atoms with Crippen molar-refractivity contribution in [2.75, 3.05) is 18.0 Å². The number of aromatic nitrogens is 3. The number of anilines is 1. The zero-order valence-electron chi connectivity index (χ0n) is 17.1. The summed E-state index contributed by atoms with van der Waals surface area (Å²) in [7, 11) is 1.88. The second-order valence-electron chi connectivity index (χ2n) is 7.87. The molecule has 6 nitrogen and oxygen atoms in total. The molecule has 0 unspecified atom stereocenters. The number of hydrogen-bond acceptors (Lipinski definition) is 5. The Hall–Kier alpha value is -3.76. The third-order valence-electron chi connectivity index (χ3n) is 5.86. The van der Waals surface area contributed by atoms with Crippen LogP contribution in [0.25, 0.3) is 33.5 Å². The number of fused-ring (bicyclic) bond motifs is 1. The summed E-state index contributed by atoms with van der Waals surface area (Å²) in [5.74, 6) is 0.288. The van der Waals surface area contributed by atoms with Gasteiger partial charge in [0.05, 0.1) is 28.4 Å². The fraction of sp³-hybridized carbons (Fsp3) is 0.208. The predicted molar refractivity (Wildman–Crippen MR) is 119 cm³/mol. The van der Waals surface area contributed by atoms with Crippen molar-refractivity contribution in [3.8, 4) is 28.6 Å². The normalized spacial score (nSPS) is 16.1.